The molecule has 172 valence electrons. The first-order valence-electron chi connectivity index (χ1n) is 11.6. The van der Waals surface area contributed by atoms with Crippen LogP contribution in [-0.2, 0) is 24.4 Å². The van der Waals surface area contributed by atoms with E-state index in [2.05, 4.69) is 51.4 Å². The fourth-order valence-electron chi connectivity index (χ4n) is 4.06. The second-order valence-electron chi connectivity index (χ2n) is 8.32. The molecule has 0 fully saturated rings. The van der Waals surface area contributed by atoms with Crippen molar-refractivity contribution in [3.8, 4) is 11.3 Å². The Balaban J connectivity index is 1.27. The molecule has 1 aromatic heterocycles. The summed E-state index contributed by atoms with van der Waals surface area (Å²) in [6.07, 6.45) is 3.11. The number of rotatable bonds is 8. The van der Waals surface area contributed by atoms with Crippen LogP contribution >= 0.6 is 0 Å². The van der Waals surface area contributed by atoms with E-state index in [0.29, 0.717) is 19.5 Å². The molecule has 1 aliphatic heterocycles. The van der Waals surface area contributed by atoms with Crippen LogP contribution in [-0.4, -0.2) is 51.8 Å². The molecule has 0 atom stereocenters. The van der Waals surface area contributed by atoms with Gasteiger partial charge >= 0.3 is 0 Å². The van der Waals surface area contributed by atoms with Gasteiger partial charge in [-0.3, -0.25) is 9.79 Å². The fraction of sp³-hybridized carbons (Fsp3) is 0.346. The number of aliphatic imine (C=N–C) groups is 1. The molecule has 1 aliphatic rings. The lowest BCUT2D eigenvalue weighted by molar-refractivity contribution is -0.131. The molecule has 3 aromatic rings. The molecule has 0 spiro atoms. The third kappa shape index (κ3) is 5.80. The van der Waals surface area contributed by atoms with E-state index in [1.165, 1.54) is 11.1 Å². The SMILES string of the molecule is CCNC(=NCCCC(=O)N1Cc2ccccc2C1)N(C)Cc1ncc(-c2ccccc2)[nH]1. The van der Waals surface area contributed by atoms with E-state index >= 15 is 0 Å². The van der Waals surface area contributed by atoms with Crippen LogP contribution in [0.1, 0.15) is 36.7 Å². The summed E-state index contributed by atoms with van der Waals surface area (Å²) in [5.41, 5.74) is 4.63. The van der Waals surface area contributed by atoms with Crippen LogP contribution in [0.2, 0.25) is 0 Å². The first kappa shape index (κ1) is 22.6. The summed E-state index contributed by atoms with van der Waals surface area (Å²) in [4.78, 5) is 29.3. The third-order valence-corrected chi connectivity index (χ3v) is 5.80. The van der Waals surface area contributed by atoms with E-state index in [9.17, 15) is 4.79 Å². The van der Waals surface area contributed by atoms with Crippen molar-refractivity contribution in [3.05, 3.63) is 77.7 Å². The number of imidazole rings is 1. The lowest BCUT2D eigenvalue weighted by Gasteiger charge is -2.21. The number of aromatic amines is 1. The van der Waals surface area contributed by atoms with Crippen LogP contribution in [0.3, 0.4) is 0 Å². The Morgan fingerprint density at radius 2 is 1.82 bits per heavy atom. The minimum absolute atomic E-state index is 0.198. The Labute approximate surface area is 195 Å². The van der Waals surface area contributed by atoms with Gasteiger partial charge in [-0.25, -0.2) is 4.98 Å². The minimum atomic E-state index is 0.198. The minimum Gasteiger partial charge on any atom is -0.357 e. The predicted octanol–water partition coefficient (Wildman–Crippen LogP) is 3.80. The van der Waals surface area contributed by atoms with Gasteiger partial charge in [0.2, 0.25) is 5.91 Å². The maximum absolute atomic E-state index is 12.6. The van der Waals surface area contributed by atoms with Crippen molar-refractivity contribution >= 4 is 11.9 Å². The average molecular weight is 445 g/mol. The summed E-state index contributed by atoms with van der Waals surface area (Å²) in [5, 5.41) is 3.34. The second kappa shape index (κ2) is 10.8. The largest absolute Gasteiger partial charge is 0.357 e. The van der Waals surface area contributed by atoms with Crippen LogP contribution < -0.4 is 5.32 Å². The molecule has 0 saturated heterocycles. The van der Waals surface area contributed by atoms with Gasteiger partial charge in [0.25, 0.3) is 0 Å². The summed E-state index contributed by atoms with van der Waals surface area (Å²) in [5.74, 6) is 1.89. The highest BCUT2D eigenvalue weighted by Gasteiger charge is 2.22. The molecule has 0 radical (unpaired) electrons. The Bertz CT molecular complexity index is 1070. The molecule has 2 aromatic carbocycles. The molecule has 4 rings (SSSR count). The summed E-state index contributed by atoms with van der Waals surface area (Å²) >= 11 is 0. The normalized spacial score (nSPS) is 13.2. The zero-order chi connectivity index (χ0) is 23.0. The van der Waals surface area contributed by atoms with Gasteiger partial charge in [0.15, 0.2) is 5.96 Å². The van der Waals surface area contributed by atoms with Crippen molar-refractivity contribution in [3.63, 3.8) is 0 Å². The molecular formula is C26H32N6O. The number of hydrogen-bond acceptors (Lipinski definition) is 3. The van der Waals surface area contributed by atoms with E-state index < -0.39 is 0 Å². The van der Waals surface area contributed by atoms with Crippen molar-refractivity contribution < 1.29 is 4.79 Å². The lowest BCUT2D eigenvalue weighted by atomic mass is 10.1. The van der Waals surface area contributed by atoms with Crippen molar-refractivity contribution in [1.29, 1.82) is 0 Å². The number of fused-ring (bicyclic) bond motifs is 1. The van der Waals surface area contributed by atoms with E-state index in [1.54, 1.807) is 0 Å². The smallest absolute Gasteiger partial charge is 0.223 e. The van der Waals surface area contributed by atoms with Gasteiger partial charge in [-0.05, 0) is 30.0 Å². The maximum atomic E-state index is 12.6. The summed E-state index contributed by atoms with van der Waals surface area (Å²) in [6, 6.07) is 18.4. The molecule has 1 amide bonds. The molecule has 0 unspecified atom stereocenters. The molecule has 0 bridgehead atoms. The summed E-state index contributed by atoms with van der Waals surface area (Å²) in [7, 11) is 2.00. The van der Waals surface area contributed by atoms with E-state index in [1.807, 2.05) is 48.5 Å². The zero-order valence-electron chi connectivity index (χ0n) is 19.4. The summed E-state index contributed by atoms with van der Waals surface area (Å²) < 4.78 is 0. The van der Waals surface area contributed by atoms with Crippen molar-refractivity contribution in [2.75, 3.05) is 20.1 Å². The average Bonchev–Trinajstić information content (AvgIpc) is 3.48. The standard InChI is InChI=1S/C26H32N6O/c1-3-27-26(31(2)19-24-29-16-23(30-24)20-10-5-4-6-11-20)28-15-9-14-25(33)32-17-21-12-7-8-13-22(21)18-32/h4-8,10-13,16H,3,9,14-15,17-19H2,1-2H3,(H,27,28)(H,29,30). The number of benzene rings is 2. The Morgan fingerprint density at radius 1 is 1.12 bits per heavy atom. The number of nitrogens with zero attached hydrogens (tertiary/aromatic N) is 4. The molecule has 2 N–H and O–H groups in total. The Morgan fingerprint density at radius 3 is 2.52 bits per heavy atom. The molecular weight excluding hydrogens is 412 g/mol. The zero-order valence-corrected chi connectivity index (χ0v) is 19.4. The lowest BCUT2D eigenvalue weighted by Crippen LogP contribution is -2.38. The number of aromatic nitrogens is 2. The van der Waals surface area contributed by atoms with Gasteiger partial charge in [0.1, 0.15) is 5.82 Å². The molecule has 7 heteroatoms. The number of carbonyl (C=O) groups excluding carboxylic acids is 1. The molecule has 33 heavy (non-hydrogen) atoms. The van der Waals surface area contributed by atoms with Gasteiger partial charge in [-0.15, -0.1) is 0 Å². The first-order chi connectivity index (χ1) is 16.1. The predicted molar refractivity (Wildman–Crippen MR) is 131 cm³/mol. The first-order valence-corrected chi connectivity index (χ1v) is 11.6. The summed E-state index contributed by atoms with van der Waals surface area (Å²) in [6.45, 7) is 5.49. The van der Waals surface area contributed by atoms with Crippen LogP contribution in [0.15, 0.2) is 65.8 Å². The van der Waals surface area contributed by atoms with Gasteiger partial charge < -0.3 is 20.1 Å². The molecule has 0 aliphatic carbocycles. The number of guanidine groups is 1. The van der Waals surface area contributed by atoms with Crippen LogP contribution in [0.25, 0.3) is 11.3 Å². The Kier molecular flexibility index (Phi) is 7.40. The number of nitrogens with one attached hydrogen (secondary N) is 2. The van der Waals surface area contributed by atoms with Gasteiger partial charge in [-0.2, -0.15) is 0 Å². The molecule has 0 saturated carbocycles. The number of amides is 1. The van der Waals surface area contributed by atoms with Crippen molar-refractivity contribution in [2.24, 2.45) is 4.99 Å². The quantitative estimate of drug-likeness (QED) is 0.315. The number of carbonyl (C=O) groups is 1. The van der Waals surface area contributed by atoms with E-state index in [-0.39, 0.29) is 5.91 Å². The Hall–Kier alpha value is -3.61. The van der Waals surface area contributed by atoms with Crippen LogP contribution in [0.5, 0.6) is 0 Å². The van der Waals surface area contributed by atoms with Crippen LogP contribution in [0.4, 0.5) is 0 Å². The topological polar surface area (TPSA) is 76.6 Å². The molecule has 2 heterocycles. The van der Waals surface area contributed by atoms with E-state index in [0.717, 1.165) is 49.1 Å². The number of H-pyrrole nitrogens is 1. The second-order valence-corrected chi connectivity index (χ2v) is 8.32. The highest BCUT2D eigenvalue weighted by molar-refractivity contribution is 5.80. The monoisotopic (exact) mass is 444 g/mol. The van der Waals surface area contributed by atoms with Crippen molar-refractivity contribution in [2.45, 2.75) is 39.4 Å². The van der Waals surface area contributed by atoms with Gasteiger partial charge in [0, 0.05) is 39.6 Å². The van der Waals surface area contributed by atoms with Crippen LogP contribution in [0, 0.1) is 0 Å². The third-order valence-electron chi connectivity index (χ3n) is 5.80. The van der Waals surface area contributed by atoms with E-state index in [4.69, 9.17) is 4.99 Å². The number of hydrogen-bond donors (Lipinski definition) is 2. The van der Waals surface area contributed by atoms with Gasteiger partial charge in [-0.1, -0.05) is 54.6 Å². The molecule has 7 nitrogen and oxygen atoms in total. The fourth-order valence-corrected chi connectivity index (χ4v) is 4.06. The maximum Gasteiger partial charge on any atom is 0.223 e. The van der Waals surface area contributed by atoms with Gasteiger partial charge in [0.05, 0.1) is 18.4 Å². The highest BCUT2D eigenvalue weighted by atomic mass is 16.2. The highest BCUT2D eigenvalue weighted by Crippen LogP contribution is 2.23. The van der Waals surface area contributed by atoms with Crippen molar-refractivity contribution in [1.82, 2.24) is 25.1 Å².